The fourth-order valence-electron chi connectivity index (χ4n) is 3.45. The fourth-order valence-corrected chi connectivity index (χ4v) is 5.81. The molecule has 0 spiro atoms. The molecule has 0 aliphatic carbocycles. The van der Waals surface area contributed by atoms with Gasteiger partial charge in [0.1, 0.15) is 9.84 Å². The Morgan fingerprint density at radius 1 is 1.17 bits per heavy atom. The average molecular weight is 361 g/mol. The number of aliphatic hydroxyl groups is 1. The summed E-state index contributed by atoms with van der Waals surface area (Å²) in [5.41, 5.74) is 3.44. The molecule has 1 aromatic carbocycles. The van der Waals surface area contributed by atoms with E-state index in [9.17, 15) is 13.5 Å². The molecule has 0 radical (unpaired) electrons. The molecule has 2 N–H and O–H groups in total. The van der Waals surface area contributed by atoms with Crippen molar-refractivity contribution in [2.45, 2.75) is 25.4 Å². The summed E-state index contributed by atoms with van der Waals surface area (Å²) < 4.78 is 23.3. The number of rotatable bonds is 3. The van der Waals surface area contributed by atoms with Crippen LogP contribution in [0.1, 0.15) is 29.2 Å². The van der Waals surface area contributed by atoms with Crippen molar-refractivity contribution in [3.63, 3.8) is 0 Å². The Morgan fingerprint density at radius 3 is 2.67 bits per heavy atom. The minimum atomic E-state index is -2.84. The summed E-state index contributed by atoms with van der Waals surface area (Å²) in [4.78, 5) is 5.41. The summed E-state index contributed by atoms with van der Waals surface area (Å²) in [5, 5.41) is 10.4. The molecule has 24 heavy (non-hydrogen) atoms. The Balaban J connectivity index is 1.71. The summed E-state index contributed by atoms with van der Waals surface area (Å²) in [6.45, 7) is 0.0683. The Kier molecular flexibility index (Phi) is 3.98. The molecule has 0 atom stereocenters. The van der Waals surface area contributed by atoms with Crippen molar-refractivity contribution < 1.29 is 13.5 Å². The summed E-state index contributed by atoms with van der Waals surface area (Å²) in [6.07, 6.45) is 3.44. The number of aromatic amines is 1. The van der Waals surface area contributed by atoms with Gasteiger partial charge in [0.15, 0.2) is 0 Å². The van der Waals surface area contributed by atoms with Gasteiger partial charge in [-0.2, -0.15) is 0 Å². The van der Waals surface area contributed by atoms with Crippen molar-refractivity contribution in [1.29, 1.82) is 0 Å². The molecule has 4 nitrogen and oxygen atoms in total. The molecule has 2 aromatic heterocycles. The van der Waals surface area contributed by atoms with Crippen LogP contribution in [0.2, 0.25) is 0 Å². The van der Waals surface area contributed by atoms with Gasteiger partial charge in [-0.25, -0.2) is 8.42 Å². The van der Waals surface area contributed by atoms with Crippen molar-refractivity contribution in [2.75, 3.05) is 11.5 Å². The van der Waals surface area contributed by atoms with Crippen molar-refractivity contribution in [3.05, 3.63) is 47.0 Å². The van der Waals surface area contributed by atoms with Crippen LogP contribution in [-0.2, 0) is 16.4 Å². The van der Waals surface area contributed by atoms with E-state index in [1.165, 1.54) is 10.9 Å². The van der Waals surface area contributed by atoms with E-state index >= 15 is 0 Å². The minimum absolute atomic E-state index is 0.0683. The highest BCUT2D eigenvalue weighted by molar-refractivity contribution is 7.91. The Labute approximate surface area is 145 Å². The molecule has 6 heteroatoms. The number of fused-ring (bicyclic) bond motifs is 1. The highest BCUT2D eigenvalue weighted by Gasteiger charge is 2.26. The SMILES string of the molecule is O=S1(=O)CCC(c2c[nH]c3ccc(-c4ccc(CO)s4)cc23)CC1. The number of hydrogen-bond acceptors (Lipinski definition) is 4. The summed E-state index contributed by atoms with van der Waals surface area (Å²) in [6, 6.07) is 10.3. The number of thiophene rings is 1. The normalized spacial score (nSPS) is 18.2. The van der Waals surface area contributed by atoms with E-state index in [-0.39, 0.29) is 18.1 Å². The second-order valence-corrected chi connectivity index (χ2v) is 9.83. The highest BCUT2D eigenvalue weighted by atomic mass is 32.2. The number of H-pyrrole nitrogens is 1. The van der Waals surface area contributed by atoms with Crippen LogP contribution < -0.4 is 0 Å². The Bertz CT molecular complexity index is 971. The van der Waals surface area contributed by atoms with E-state index in [1.807, 2.05) is 18.3 Å². The van der Waals surface area contributed by atoms with Gasteiger partial charge >= 0.3 is 0 Å². The first-order valence-corrected chi connectivity index (χ1v) is 10.7. The van der Waals surface area contributed by atoms with E-state index < -0.39 is 9.84 Å². The average Bonchev–Trinajstić information content (AvgIpc) is 3.21. The first-order chi connectivity index (χ1) is 11.6. The van der Waals surface area contributed by atoms with E-state index in [4.69, 9.17) is 0 Å². The predicted molar refractivity (Wildman–Crippen MR) is 98.2 cm³/mol. The maximum absolute atomic E-state index is 11.7. The van der Waals surface area contributed by atoms with Crippen LogP contribution in [0, 0.1) is 0 Å². The van der Waals surface area contributed by atoms with Gasteiger partial charge in [-0.3, -0.25) is 0 Å². The molecule has 3 aromatic rings. The third-order valence-corrected chi connectivity index (χ3v) is 7.64. The molecule has 1 fully saturated rings. The molecule has 0 bridgehead atoms. The van der Waals surface area contributed by atoms with Gasteiger partial charge in [-0.05, 0) is 54.2 Å². The maximum Gasteiger partial charge on any atom is 0.150 e. The van der Waals surface area contributed by atoms with Gasteiger partial charge in [-0.15, -0.1) is 11.3 Å². The minimum Gasteiger partial charge on any atom is -0.391 e. The maximum atomic E-state index is 11.7. The molecule has 4 rings (SSSR count). The topological polar surface area (TPSA) is 70.2 Å². The monoisotopic (exact) mass is 361 g/mol. The van der Waals surface area contributed by atoms with Crippen LogP contribution in [0.3, 0.4) is 0 Å². The number of aliphatic hydroxyl groups excluding tert-OH is 1. The molecular formula is C18H19NO3S2. The first kappa shape index (κ1) is 15.9. The van der Waals surface area contributed by atoms with E-state index in [0.29, 0.717) is 18.8 Å². The molecule has 1 aliphatic heterocycles. The van der Waals surface area contributed by atoms with Gasteiger partial charge < -0.3 is 10.1 Å². The van der Waals surface area contributed by atoms with E-state index in [0.717, 1.165) is 20.8 Å². The lowest BCUT2D eigenvalue weighted by atomic mass is 9.92. The fraction of sp³-hybridized carbons (Fsp3) is 0.333. The van der Waals surface area contributed by atoms with Crippen LogP contribution in [0.4, 0.5) is 0 Å². The number of nitrogens with one attached hydrogen (secondary N) is 1. The molecule has 0 amide bonds. The van der Waals surface area contributed by atoms with Crippen LogP contribution in [0.25, 0.3) is 21.3 Å². The number of hydrogen-bond donors (Lipinski definition) is 2. The first-order valence-electron chi connectivity index (χ1n) is 8.07. The number of sulfone groups is 1. The summed E-state index contributed by atoms with van der Waals surface area (Å²) >= 11 is 1.60. The van der Waals surface area contributed by atoms with Gasteiger partial charge in [0.05, 0.1) is 18.1 Å². The molecule has 1 aliphatic rings. The van der Waals surface area contributed by atoms with Crippen molar-refractivity contribution >= 4 is 32.1 Å². The predicted octanol–water partition coefficient (Wildman–Crippen LogP) is 3.68. The second-order valence-electron chi connectivity index (χ2n) is 6.35. The molecule has 3 heterocycles. The smallest absolute Gasteiger partial charge is 0.150 e. The zero-order valence-electron chi connectivity index (χ0n) is 13.2. The standard InChI is InChI=1S/C18H19NO3S2/c20-11-14-2-4-18(23-14)13-1-3-17-15(9-13)16(10-19-17)12-5-7-24(21,22)8-6-12/h1-4,9-10,12,19-20H,5-8,11H2. The Morgan fingerprint density at radius 2 is 1.96 bits per heavy atom. The molecule has 126 valence electrons. The molecule has 0 saturated carbocycles. The Hall–Kier alpha value is -1.63. The van der Waals surface area contributed by atoms with Crippen LogP contribution in [0.15, 0.2) is 36.5 Å². The van der Waals surface area contributed by atoms with E-state index in [2.05, 4.69) is 23.2 Å². The zero-order chi connectivity index (χ0) is 16.7. The van der Waals surface area contributed by atoms with Crippen LogP contribution >= 0.6 is 11.3 Å². The lowest BCUT2D eigenvalue weighted by molar-refractivity contribution is 0.285. The second kappa shape index (κ2) is 6.02. The van der Waals surface area contributed by atoms with Crippen LogP contribution in [0.5, 0.6) is 0 Å². The van der Waals surface area contributed by atoms with Gasteiger partial charge in [0.25, 0.3) is 0 Å². The summed E-state index contributed by atoms with van der Waals surface area (Å²) in [5.74, 6) is 0.873. The van der Waals surface area contributed by atoms with E-state index in [1.54, 1.807) is 11.3 Å². The molecule has 0 unspecified atom stereocenters. The molecular weight excluding hydrogens is 342 g/mol. The van der Waals surface area contributed by atoms with Crippen molar-refractivity contribution in [3.8, 4) is 10.4 Å². The lowest BCUT2D eigenvalue weighted by Crippen LogP contribution is -2.21. The number of aromatic nitrogens is 1. The van der Waals surface area contributed by atoms with Gasteiger partial charge in [0, 0.05) is 26.9 Å². The van der Waals surface area contributed by atoms with Crippen molar-refractivity contribution in [2.24, 2.45) is 0 Å². The van der Waals surface area contributed by atoms with Gasteiger partial charge in [0.2, 0.25) is 0 Å². The molecule has 1 saturated heterocycles. The largest absolute Gasteiger partial charge is 0.391 e. The van der Waals surface area contributed by atoms with Crippen LogP contribution in [-0.4, -0.2) is 30.0 Å². The van der Waals surface area contributed by atoms with Gasteiger partial charge in [-0.1, -0.05) is 6.07 Å². The van der Waals surface area contributed by atoms with Crippen molar-refractivity contribution in [1.82, 2.24) is 4.98 Å². The number of benzene rings is 1. The zero-order valence-corrected chi connectivity index (χ0v) is 14.8. The quantitative estimate of drug-likeness (QED) is 0.747. The third kappa shape index (κ3) is 2.90. The highest BCUT2D eigenvalue weighted by Crippen LogP contribution is 2.37. The third-order valence-electron chi connectivity index (χ3n) is 4.81. The summed E-state index contributed by atoms with van der Waals surface area (Å²) in [7, 11) is -2.84. The lowest BCUT2D eigenvalue weighted by Gasteiger charge is -2.21.